The molecular weight excluding hydrogens is 490 g/mol. The Balaban J connectivity index is 1.50. The number of benzene rings is 2. The molecule has 1 aromatic heterocycles. The minimum absolute atomic E-state index is 0.0507. The number of carbonyl (C=O) groups excluding carboxylic acids is 1. The Hall–Kier alpha value is -3.32. The summed E-state index contributed by atoms with van der Waals surface area (Å²) in [5.41, 5.74) is 1.06. The molecule has 0 aliphatic carbocycles. The number of halogens is 1. The van der Waals surface area contributed by atoms with Gasteiger partial charge in [0.1, 0.15) is 22.2 Å². The number of nitrogens with zero attached hydrogens (tertiary/aromatic N) is 3. The first-order valence-corrected chi connectivity index (χ1v) is 12.9. The number of ether oxygens (including phenoxy) is 1. The number of rotatable bonds is 7. The van der Waals surface area contributed by atoms with Crippen LogP contribution in [0.2, 0.25) is 5.02 Å². The second-order valence-electron chi connectivity index (χ2n) is 8.20. The van der Waals surface area contributed by atoms with Crippen molar-refractivity contribution in [1.29, 1.82) is 5.26 Å². The molecule has 0 atom stereocenters. The predicted molar refractivity (Wildman–Crippen MR) is 130 cm³/mol. The van der Waals surface area contributed by atoms with E-state index in [1.165, 1.54) is 22.5 Å². The van der Waals surface area contributed by atoms with Gasteiger partial charge in [-0.2, -0.15) is 9.57 Å². The van der Waals surface area contributed by atoms with Crippen LogP contribution in [0.15, 0.2) is 64.1 Å². The van der Waals surface area contributed by atoms with Crippen molar-refractivity contribution >= 4 is 27.5 Å². The van der Waals surface area contributed by atoms with Gasteiger partial charge in [0.15, 0.2) is 0 Å². The molecule has 4 rings (SSSR count). The Morgan fingerprint density at radius 2 is 1.91 bits per heavy atom. The lowest BCUT2D eigenvalue weighted by Gasteiger charge is -2.34. The standard InChI is InChI=1S/C25H24ClN3O5S/c1-18-13-20(26)16-22(14-18)34-23-6-4-19(17-27)15-24(23)35(31,32)29-10-8-28(9-11-29)25(30)7-5-21-3-2-12-33-21/h2-4,6,12-16H,5,7-11H2,1H3. The van der Waals surface area contributed by atoms with E-state index >= 15 is 0 Å². The normalized spacial score (nSPS) is 14.5. The maximum Gasteiger partial charge on any atom is 0.246 e. The largest absolute Gasteiger partial charge is 0.469 e. The molecule has 0 bridgehead atoms. The molecule has 2 aromatic carbocycles. The molecule has 1 saturated heterocycles. The summed E-state index contributed by atoms with van der Waals surface area (Å²) in [6, 6.07) is 14.9. The highest BCUT2D eigenvalue weighted by atomic mass is 35.5. The van der Waals surface area contributed by atoms with Crippen LogP contribution in [0, 0.1) is 18.3 Å². The predicted octanol–water partition coefficient (Wildman–Crippen LogP) is 4.37. The van der Waals surface area contributed by atoms with Gasteiger partial charge in [0, 0.05) is 44.0 Å². The Morgan fingerprint density at radius 1 is 1.14 bits per heavy atom. The van der Waals surface area contributed by atoms with Gasteiger partial charge in [-0.25, -0.2) is 8.42 Å². The molecule has 182 valence electrons. The lowest BCUT2D eigenvalue weighted by Crippen LogP contribution is -2.50. The summed E-state index contributed by atoms with van der Waals surface area (Å²) < 4.78 is 39.6. The third-order valence-corrected chi connectivity index (χ3v) is 7.83. The smallest absolute Gasteiger partial charge is 0.246 e. The van der Waals surface area contributed by atoms with E-state index in [0.29, 0.717) is 23.6 Å². The Kier molecular flexibility index (Phi) is 7.45. The number of sulfonamides is 1. The molecule has 1 fully saturated rings. The number of nitriles is 1. The van der Waals surface area contributed by atoms with Crippen molar-refractivity contribution in [2.24, 2.45) is 0 Å². The summed E-state index contributed by atoms with van der Waals surface area (Å²) in [6.45, 7) is 2.68. The minimum atomic E-state index is -3.99. The Morgan fingerprint density at radius 3 is 2.57 bits per heavy atom. The number of hydrogen-bond donors (Lipinski definition) is 0. The van der Waals surface area contributed by atoms with E-state index in [2.05, 4.69) is 0 Å². The molecule has 10 heteroatoms. The molecule has 1 aliphatic heterocycles. The van der Waals surface area contributed by atoms with Gasteiger partial charge in [-0.1, -0.05) is 11.6 Å². The molecule has 0 saturated carbocycles. The molecular formula is C25H24ClN3O5S. The number of hydrogen-bond acceptors (Lipinski definition) is 6. The fourth-order valence-electron chi connectivity index (χ4n) is 3.91. The van der Waals surface area contributed by atoms with Gasteiger partial charge in [-0.05, 0) is 61.0 Å². The summed E-state index contributed by atoms with van der Waals surface area (Å²) in [5.74, 6) is 1.18. The van der Waals surface area contributed by atoms with Gasteiger partial charge in [0.05, 0.1) is 17.9 Å². The monoisotopic (exact) mass is 513 g/mol. The SMILES string of the molecule is Cc1cc(Cl)cc(Oc2ccc(C#N)cc2S(=O)(=O)N2CCN(C(=O)CCc3ccco3)CC2)c1. The van der Waals surface area contributed by atoms with Gasteiger partial charge in [-0.15, -0.1) is 0 Å². The van der Waals surface area contributed by atoms with Gasteiger partial charge >= 0.3 is 0 Å². The highest BCUT2D eigenvalue weighted by Gasteiger charge is 2.32. The molecule has 0 unspecified atom stereocenters. The fraction of sp³-hybridized carbons (Fsp3) is 0.280. The van der Waals surface area contributed by atoms with Crippen molar-refractivity contribution in [3.8, 4) is 17.6 Å². The highest BCUT2D eigenvalue weighted by Crippen LogP contribution is 2.33. The number of carbonyl (C=O) groups is 1. The third-order valence-electron chi connectivity index (χ3n) is 5.69. The quantitative estimate of drug-likeness (QED) is 0.464. The zero-order chi connectivity index (χ0) is 25.0. The number of piperazine rings is 1. The van der Waals surface area contributed by atoms with E-state index in [4.69, 9.17) is 20.8 Å². The lowest BCUT2D eigenvalue weighted by atomic mass is 10.2. The average Bonchev–Trinajstić information content (AvgIpc) is 3.36. The molecule has 35 heavy (non-hydrogen) atoms. The number of furan rings is 1. The Labute approximate surface area is 209 Å². The summed E-state index contributed by atoms with van der Waals surface area (Å²) in [5, 5.41) is 9.80. The van der Waals surface area contributed by atoms with Gasteiger partial charge in [-0.3, -0.25) is 4.79 Å². The first-order valence-electron chi connectivity index (χ1n) is 11.1. The van der Waals surface area contributed by atoms with Crippen molar-refractivity contribution in [2.75, 3.05) is 26.2 Å². The van der Waals surface area contributed by atoms with Crippen molar-refractivity contribution < 1.29 is 22.4 Å². The maximum absolute atomic E-state index is 13.6. The van der Waals surface area contributed by atoms with Gasteiger partial charge in [0.25, 0.3) is 0 Å². The van der Waals surface area contributed by atoms with Crippen LogP contribution in [0.25, 0.3) is 0 Å². The van der Waals surface area contributed by atoms with E-state index in [1.807, 2.05) is 19.1 Å². The molecule has 8 nitrogen and oxygen atoms in total. The molecule has 3 aromatic rings. The lowest BCUT2D eigenvalue weighted by molar-refractivity contribution is -0.132. The fourth-order valence-corrected chi connectivity index (χ4v) is 5.75. The van der Waals surface area contributed by atoms with Crippen molar-refractivity contribution in [3.63, 3.8) is 0 Å². The molecule has 0 spiro atoms. The van der Waals surface area contributed by atoms with Crippen LogP contribution in [0.1, 0.15) is 23.3 Å². The van der Waals surface area contributed by atoms with Crippen LogP contribution in [0.3, 0.4) is 0 Å². The van der Waals surface area contributed by atoms with Gasteiger partial charge < -0.3 is 14.1 Å². The number of amides is 1. The molecule has 0 N–H and O–H groups in total. The summed E-state index contributed by atoms with van der Waals surface area (Å²) in [4.78, 5) is 14.1. The second kappa shape index (κ2) is 10.5. The molecule has 2 heterocycles. The van der Waals surface area contributed by atoms with Crippen LogP contribution in [0.5, 0.6) is 11.5 Å². The van der Waals surface area contributed by atoms with E-state index in [1.54, 1.807) is 35.4 Å². The zero-order valence-corrected chi connectivity index (χ0v) is 20.7. The van der Waals surface area contributed by atoms with Crippen LogP contribution < -0.4 is 4.74 Å². The third kappa shape index (κ3) is 5.85. The first kappa shape index (κ1) is 24.8. The average molecular weight is 514 g/mol. The topological polar surface area (TPSA) is 104 Å². The maximum atomic E-state index is 13.6. The van der Waals surface area contributed by atoms with Crippen LogP contribution in [-0.2, 0) is 21.2 Å². The van der Waals surface area contributed by atoms with Crippen molar-refractivity contribution in [3.05, 3.63) is 76.7 Å². The van der Waals surface area contributed by atoms with Crippen LogP contribution in [-0.4, -0.2) is 49.7 Å². The highest BCUT2D eigenvalue weighted by molar-refractivity contribution is 7.89. The Bertz CT molecular complexity index is 1340. The van der Waals surface area contributed by atoms with E-state index in [9.17, 15) is 18.5 Å². The van der Waals surface area contributed by atoms with E-state index in [-0.39, 0.29) is 48.3 Å². The summed E-state index contributed by atoms with van der Waals surface area (Å²) in [6.07, 6.45) is 2.35. The molecule has 1 amide bonds. The number of aryl methyl sites for hydroxylation is 2. The summed E-state index contributed by atoms with van der Waals surface area (Å²) in [7, 11) is -3.99. The van der Waals surface area contributed by atoms with E-state index < -0.39 is 10.0 Å². The summed E-state index contributed by atoms with van der Waals surface area (Å²) >= 11 is 6.12. The van der Waals surface area contributed by atoms with Crippen LogP contribution in [0.4, 0.5) is 0 Å². The van der Waals surface area contributed by atoms with E-state index in [0.717, 1.165) is 11.3 Å². The molecule has 1 aliphatic rings. The van der Waals surface area contributed by atoms with Crippen LogP contribution >= 0.6 is 11.6 Å². The zero-order valence-electron chi connectivity index (χ0n) is 19.1. The molecule has 0 radical (unpaired) electrons. The minimum Gasteiger partial charge on any atom is -0.469 e. The second-order valence-corrected chi connectivity index (χ2v) is 10.5. The van der Waals surface area contributed by atoms with Crippen molar-refractivity contribution in [1.82, 2.24) is 9.21 Å². The van der Waals surface area contributed by atoms with Gasteiger partial charge in [0.2, 0.25) is 15.9 Å². The van der Waals surface area contributed by atoms with Crippen molar-refractivity contribution in [2.45, 2.75) is 24.7 Å². The first-order chi connectivity index (χ1) is 16.8.